The highest BCUT2D eigenvalue weighted by Crippen LogP contribution is 2.29. The third kappa shape index (κ3) is 4.93. The zero-order valence-electron chi connectivity index (χ0n) is 12.3. The molecule has 0 unspecified atom stereocenters. The molecule has 0 spiro atoms. The fourth-order valence-electron chi connectivity index (χ4n) is 2.38. The lowest BCUT2D eigenvalue weighted by atomic mass is 9.81. The molecule has 0 saturated carbocycles. The van der Waals surface area contributed by atoms with Crippen LogP contribution in [0.1, 0.15) is 63.1 Å². The minimum Gasteiger partial charge on any atom is -0.0654 e. The van der Waals surface area contributed by atoms with Gasteiger partial charge in [0.1, 0.15) is 0 Å². The lowest BCUT2D eigenvalue weighted by Crippen LogP contribution is -2.12. The fraction of sp³-hybridized carbons (Fsp3) is 0.647. The second-order valence-electron chi connectivity index (χ2n) is 6.20. The van der Waals surface area contributed by atoms with Crippen molar-refractivity contribution in [2.24, 2.45) is 5.41 Å². The molecule has 0 amide bonds. The van der Waals surface area contributed by atoms with Crippen molar-refractivity contribution in [2.45, 2.75) is 66.7 Å². The van der Waals surface area contributed by atoms with Gasteiger partial charge < -0.3 is 0 Å². The number of unbranched alkanes of at least 4 members (excludes halogenated alkanes) is 1. The molecule has 0 aliphatic heterocycles. The molecular weight excluding hydrogens is 204 g/mol. The Hall–Kier alpha value is -0.780. The van der Waals surface area contributed by atoms with Gasteiger partial charge in [-0.15, -0.1) is 0 Å². The van der Waals surface area contributed by atoms with Crippen LogP contribution in [0, 0.1) is 19.3 Å². The molecule has 96 valence electrons. The van der Waals surface area contributed by atoms with E-state index < -0.39 is 0 Å². The van der Waals surface area contributed by atoms with Gasteiger partial charge >= 0.3 is 0 Å². The predicted molar refractivity (Wildman–Crippen MR) is 77.5 cm³/mol. The van der Waals surface area contributed by atoms with E-state index in [-0.39, 0.29) is 0 Å². The first-order valence-corrected chi connectivity index (χ1v) is 7.01. The lowest BCUT2D eigenvalue weighted by molar-refractivity contribution is 0.298. The summed E-state index contributed by atoms with van der Waals surface area (Å²) in [6.07, 6.45) is 6.56. The minimum absolute atomic E-state index is 0.493. The molecule has 0 nitrogen and oxygen atoms in total. The van der Waals surface area contributed by atoms with E-state index in [0.29, 0.717) is 5.41 Å². The van der Waals surface area contributed by atoms with Crippen LogP contribution < -0.4 is 0 Å². The minimum atomic E-state index is 0.493. The van der Waals surface area contributed by atoms with Crippen molar-refractivity contribution >= 4 is 0 Å². The number of aryl methyl sites for hydroxylation is 3. The molecule has 0 bridgehead atoms. The standard InChI is InChI=1S/C17H28/c1-6-7-11-17(4,5)12-10-16-9-8-14(2)13-15(16)3/h8-9,13H,6-7,10-12H2,1-5H3. The number of rotatable bonds is 6. The van der Waals surface area contributed by atoms with E-state index in [1.165, 1.54) is 48.8 Å². The third-order valence-electron chi connectivity index (χ3n) is 3.78. The van der Waals surface area contributed by atoms with Crippen molar-refractivity contribution in [2.75, 3.05) is 0 Å². The van der Waals surface area contributed by atoms with Gasteiger partial charge in [0.2, 0.25) is 0 Å². The summed E-state index contributed by atoms with van der Waals surface area (Å²) in [6, 6.07) is 6.84. The summed E-state index contributed by atoms with van der Waals surface area (Å²) >= 11 is 0. The Labute approximate surface area is 107 Å². The second-order valence-corrected chi connectivity index (χ2v) is 6.20. The van der Waals surface area contributed by atoms with E-state index in [9.17, 15) is 0 Å². The Kier molecular flexibility index (Phi) is 5.24. The van der Waals surface area contributed by atoms with E-state index in [2.05, 4.69) is 52.8 Å². The maximum atomic E-state index is 2.41. The van der Waals surface area contributed by atoms with Gasteiger partial charge in [-0.3, -0.25) is 0 Å². The summed E-state index contributed by atoms with van der Waals surface area (Å²) in [5.74, 6) is 0. The first-order chi connectivity index (χ1) is 7.94. The summed E-state index contributed by atoms with van der Waals surface area (Å²) in [5, 5.41) is 0. The van der Waals surface area contributed by atoms with Gasteiger partial charge in [0.25, 0.3) is 0 Å². The molecular formula is C17H28. The van der Waals surface area contributed by atoms with Gasteiger partial charge in [-0.05, 0) is 49.7 Å². The van der Waals surface area contributed by atoms with Crippen molar-refractivity contribution in [3.63, 3.8) is 0 Å². The highest BCUT2D eigenvalue weighted by molar-refractivity contribution is 5.30. The Morgan fingerprint density at radius 1 is 1.06 bits per heavy atom. The fourth-order valence-corrected chi connectivity index (χ4v) is 2.38. The van der Waals surface area contributed by atoms with Crippen LogP contribution in [0.5, 0.6) is 0 Å². The van der Waals surface area contributed by atoms with Crippen molar-refractivity contribution < 1.29 is 0 Å². The van der Waals surface area contributed by atoms with Crippen LogP contribution in [0.3, 0.4) is 0 Å². The largest absolute Gasteiger partial charge is 0.0654 e. The van der Waals surface area contributed by atoms with Gasteiger partial charge in [0.05, 0.1) is 0 Å². The molecule has 1 aromatic rings. The van der Waals surface area contributed by atoms with Crippen molar-refractivity contribution in [1.82, 2.24) is 0 Å². The first-order valence-electron chi connectivity index (χ1n) is 7.01. The molecule has 0 aromatic heterocycles. The van der Waals surface area contributed by atoms with Crippen LogP contribution in [0.4, 0.5) is 0 Å². The van der Waals surface area contributed by atoms with Crippen LogP contribution in [-0.2, 0) is 6.42 Å². The van der Waals surface area contributed by atoms with E-state index in [1.54, 1.807) is 0 Å². The van der Waals surface area contributed by atoms with Gasteiger partial charge in [0.15, 0.2) is 0 Å². The Bertz CT molecular complexity index is 347. The molecule has 0 heteroatoms. The van der Waals surface area contributed by atoms with Crippen LogP contribution in [0.2, 0.25) is 0 Å². The molecule has 0 fully saturated rings. The van der Waals surface area contributed by atoms with Crippen LogP contribution >= 0.6 is 0 Å². The Balaban J connectivity index is 2.54. The highest BCUT2D eigenvalue weighted by Gasteiger charge is 2.17. The molecule has 17 heavy (non-hydrogen) atoms. The summed E-state index contributed by atoms with van der Waals surface area (Å²) in [5.41, 5.74) is 4.85. The van der Waals surface area contributed by atoms with E-state index in [4.69, 9.17) is 0 Å². The maximum absolute atomic E-state index is 2.41. The molecule has 1 aromatic carbocycles. The first kappa shape index (κ1) is 14.3. The summed E-state index contributed by atoms with van der Waals surface area (Å²) in [4.78, 5) is 0. The molecule has 0 radical (unpaired) electrons. The maximum Gasteiger partial charge on any atom is -0.0271 e. The van der Waals surface area contributed by atoms with Gasteiger partial charge in [0, 0.05) is 0 Å². The van der Waals surface area contributed by atoms with E-state index >= 15 is 0 Å². The zero-order chi connectivity index (χ0) is 12.9. The number of benzene rings is 1. The van der Waals surface area contributed by atoms with Crippen molar-refractivity contribution in [1.29, 1.82) is 0 Å². The summed E-state index contributed by atoms with van der Waals surface area (Å²) < 4.78 is 0. The predicted octanol–water partition coefficient (Wildman–Crippen LogP) is 5.45. The average Bonchev–Trinajstić information content (AvgIpc) is 2.25. The molecule has 0 atom stereocenters. The number of hydrogen-bond donors (Lipinski definition) is 0. The zero-order valence-corrected chi connectivity index (χ0v) is 12.3. The smallest absolute Gasteiger partial charge is 0.0271 e. The second kappa shape index (κ2) is 6.23. The van der Waals surface area contributed by atoms with Crippen LogP contribution in [-0.4, -0.2) is 0 Å². The van der Waals surface area contributed by atoms with Crippen LogP contribution in [0.15, 0.2) is 18.2 Å². The van der Waals surface area contributed by atoms with Gasteiger partial charge in [-0.25, -0.2) is 0 Å². The van der Waals surface area contributed by atoms with E-state index in [1.807, 2.05) is 0 Å². The highest BCUT2D eigenvalue weighted by atomic mass is 14.2. The monoisotopic (exact) mass is 232 g/mol. The van der Waals surface area contributed by atoms with Crippen LogP contribution in [0.25, 0.3) is 0 Å². The average molecular weight is 232 g/mol. The Morgan fingerprint density at radius 2 is 1.76 bits per heavy atom. The van der Waals surface area contributed by atoms with Crippen molar-refractivity contribution in [3.05, 3.63) is 34.9 Å². The molecule has 0 N–H and O–H groups in total. The SMILES string of the molecule is CCCCC(C)(C)CCc1ccc(C)cc1C. The molecule has 0 aliphatic rings. The Morgan fingerprint density at radius 3 is 2.35 bits per heavy atom. The molecule has 0 aliphatic carbocycles. The molecule has 0 saturated heterocycles. The quantitative estimate of drug-likeness (QED) is 0.611. The molecule has 0 heterocycles. The topological polar surface area (TPSA) is 0 Å². The number of hydrogen-bond acceptors (Lipinski definition) is 0. The van der Waals surface area contributed by atoms with Crippen molar-refractivity contribution in [3.8, 4) is 0 Å². The normalized spacial score (nSPS) is 11.8. The van der Waals surface area contributed by atoms with Gasteiger partial charge in [-0.1, -0.05) is 57.4 Å². The summed E-state index contributed by atoms with van der Waals surface area (Å²) in [7, 11) is 0. The third-order valence-corrected chi connectivity index (χ3v) is 3.78. The summed E-state index contributed by atoms with van der Waals surface area (Å²) in [6.45, 7) is 11.5. The van der Waals surface area contributed by atoms with Gasteiger partial charge in [-0.2, -0.15) is 0 Å². The van der Waals surface area contributed by atoms with E-state index in [0.717, 1.165) is 0 Å². The lowest BCUT2D eigenvalue weighted by Gasteiger charge is -2.24. The molecule has 1 rings (SSSR count).